The first-order valence-electron chi connectivity index (χ1n) is 11.5. The predicted molar refractivity (Wildman–Crippen MR) is 147 cm³/mol. The van der Waals surface area contributed by atoms with Crippen molar-refractivity contribution >= 4 is 41.0 Å². The second kappa shape index (κ2) is 11.7. The third-order valence-corrected chi connectivity index (χ3v) is 8.35. The van der Waals surface area contributed by atoms with Crippen LogP contribution in [0, 0.1) is 0 Å². The topological polar surface area (TPSA) is 96.0 Å². The first kappa shape index (κ1) is 28.1. The maximum atomic E-state index is 14.8. The van der Waals surface area contributed by atoms with Crippen LogP contribution in [0.4, 0.5) is 0 Å². The van der Waals surface area contributed by atoms with Crippen LogP contribution in [0.2, 0.25) is 0 Å². The van der Waals surface area contributed by atoms with Gasteiger partial charge in [0.05, 0.1) is 0 Å². The summed E-state index contributed by atoms with van der Waals surface area (Å²) in [6.45, 7) is 15.3. The number of rotatable bonds is 9. The van der Waals surface area contributed by atoms with Crippen molar-refractivity contribution in [3.63, 3.8) is 0 Å². The Labute approximate surface area is 221 Å². The maximum Gasteiger partial charge on any atom is 0.338 e. The van der Waals surface area contributed by atoms with Gasteiger partial charge in [0.2, 0.25) is 0 Å². The van der Waals surface area contributed by atoms with E-state index in [1.807, 2.05) is 0 Å². The van der Waals surface area contributed by atoms with E-state index < -0.39 is 25.0 Å². The van der Waals surface area contributed by atoms with Gasteiger partial charge in [-0.1, -0.05) is 19.7 Å². The van der Waals surface area contributed by atoms with E-state index >= 15 is 0 Å². The highest BCUT2D eigenvalue weighted by molar-refractivity contribution is 7.85. The van der Waals surface area contributed by atoms with E-state index in [1.165, 1.54) is 0 Å². The van der Waals surface area contributed by atoms with E-state index in [0.717, 1.165) is 0 Å². The maximum absolute atomic E-state index is 14.8. The zero-order valence-electron chi connectivity index (χ0n) is 21.4. The van der Waals surface area contributed by atoms with Gasteiger partial charge in [-0.05, 0) is 93.6 Å². The molecule has 0 bridgehead atoms. The van der Waals surface area contributed by atoms with E-state index in [9.17, 15) is 18.9 Å². The van der Waals surface area contributed by atoms with E-state index in [4.69, 9.17) is 14.2 Å². The number of esters is 3. The molecule has 0 N–H and O–H groups in total. The molecule has 0 heterocycles. The zero-order chi connectivity index (χ0) is 28.0. The normalized spacial score (nSPS) is 10.7. The number of hydrogen-bond acceptors (Lipinski definition) is 7. The first-order valence-corrected chi connectivity index (χ1v) is 13.2. The third-order valence-electron chi connectivity index (χ3n) is 5.28. The molecule has 8 heteroatoms. The number of ether oxygens (including phenoxy) is 3. The fourth-order valence-corrected chi connectivity index (χ4v) is 5.80. The van der Waals surface area contributed by atoms with Crippen LogP contribution in [0.15, 0.2) is 109 Å². The van der Waals surface area contributed by atoms with Crippen molar-refractivity contribution in [2.24, 2.45) is 0 Å². The Hall–Kier alpha value is -4.48. The zero-order valence-corrected chi connectivity index (χ0v) is 22.2. The molecular formula is C30H27O7P. The lowest BCUT2D eigenvalue weighted by atomic mass is 10.3. The molecule has 0 saturated carbocycles. The van der Waals surface area contributed by atoms with E-state index in [-0.39, 0.29) is 34.0 Å². The van der Waals surface area contributed by atoms with Gasteiger partial charge >= 0.3 is 17.9 Å². The minimum Gasteiger partial charge on any atom is -0.423 e. The average molecular weight is 531 g/mol. The van der Waals surface area contributed by atoms with Crippen molar-refractivity contribution in [1.82, 2.24) is 0 Å². The minimum atomic E-state index is -3.47. The van der Waals surface area contributed by atoms with Crippen molar-refractivity contribution in [2.75, 3.05) is 0 Å². The van der Waals surface area contributed by atoms with Gasteiger partial charge in [0, 0.05) is 32.6 Å². The molecular weight excluding hydrogens is 503 g/mol. The SMILES string of the molecule is C=C(C)C(=O)Oc1ccc(P(=O)(c2ccc(OC(=O)C(=C)C)cc2)c2ccc(OC(=O)C(=C)C)cc2)cc1. The molecule has 0 radical (unpaired) electrons. The molecule has 194 valence electrons. The minimum absolute atomic E-state index is 0.250. The summed E-state index contributed by atoms with van der Waals surface area (Å²) in [7, 11) is -3.47. The van der Waals surface area contributed by atoms with Crippen molar-refractivity contribution in [3.05, 3.63) is 109 Å². The van der Waals surface area contributed by atoms with Crippen LogP contribution in [-0.2, 0) is 18.9 Å². The summed E-state index contributed by atoms with van der Waals surface area (Å²) in [4.78, 5) is 35.6. The molecule has 3 aromatic rings. The molecule has 0 aliphatic rings. The molecule has 7 nitrogen and oxygen atoms in total. The van der Waals surface area contributed by atoms with Gasteiger partial charge in [-0.25, -0.2) is 14.4 Å². The lowest BCUT2D eigenvalue weighted by Gasteiger charge is -2.21. The van der Waals surface area contributed by atoms with Crippen LogP contribution in [-0.4, -0.2) is 17.9 Å². The molecule has 0 fully saturated rings. The average Bonchev–Trinajstić information content (AvgIpc) is 2.89. The van der Waals surface area contributed by atoms with Crippen LogP contribution in [0.25, 0.3) is 0 Å². The number of hydrogen-bond donors (Lipinski definition) is 0. The Balaban J connectivity index is 2.04. The van der Waals surface area contributed by atoms with Gasteiger partial charge in [-0.15, -0.1) is 0 Å². The Morgan fingerprint density at radius 3 is 0.895 bits per heavy atom. The van der Waals surface area contributed by atoms with Crippen molar-refractivity contribution in [1.29, 1.82) is 0 Å². The molecule has 3 rings (SSSR count). The lowest BCUT2D eigenvalue weighted by Crippen LogP contribution is -2.25. The fourth-order valence-electron chi connectivity index (χ4n) is 3.20. The number of carbonyl (C=O) groups is 3. The van der Waals surface area contributed by atoms with Crippen LogP contribution >= 0.6 is 7.14 Å². The Kier molecular flexibility index (Phi) is 8.66. The summed E-state index contributed by atoms with van der Waals surface area (Å²) in [5.41, 5.74) is 0.749. The van der Waals surface area contributed by atoms with Gasteiger partial charge in [-0.2, -0.15) is 0 Å². The molecule has 0 saturated heterocycles. The molecule has 0 spiro atoms. The van der Waals surface area contributed by atoms with Crippen molar-refractivity contribution in [2.45, 2.75) is 20.8 Å². The van der Waals surface area contributed by atoms with Crippen LogP contribution in [0.1, 0.15) is 20.8 Å². The summed E-state index contributed by atoms with van der Waals surface area (Å²) >= 11 is 0. The molecule has 0 atom stereocenters. The molecule has 0 aliphatic carbocycles. The lowest BCUT2D eigenvalue weighted by molar-refractivity contribution is -0.130. The highest BCUT2D eigenvalue weighted by Crippen LogP contribution is 2.43. The third kappa shape index (κ3) is 6.44. The molecule has 0 amide bonds. The Morgan fingerprint density at radius 2 is 0.711 bits per heavy atom. The Bertz CT molecular complexity index is 1280. The van der Waals surface area contributed by atoms with E-state index in [2.05, 4.69) is 19.7 Å². The molecule has 0 unspecified atom stereocenters. The molecule has 3 aromatic carbocycles. The summed E-state index contributed by atoms with van der Waals surface area (Å²) < 4.78 is 30.6. The highest BCUT2D eigenvalue weighted by atomic mass is 31.2. The standard InChI is InChI=1S/C30H27O7P/c1-19(2)28(31)35-22-7-13-25(14-8-22)38(34,26-15-9-23(10-16-26)36-29(32)20(3)4)27-17-11-24(12-18-27)37-30(33)21(5)6/h7-18H,1,3,5H2,2,4,6H3. The van der Waals surface area contributed by atoms with E-state index in [1.54, 1.807) is 93.6 Å². The van der Waals surface area contributed by atoms with Crippen molar-refractivity contribution < 1.29 is 33.2 Å². The fraction of sp³-hybridized carbons (Fsp3) is 0.100. The van der Waals surface area contributed by atoms with Crippen LogP contribution in [0.3, 0.4) is 0 Å². The van der Waals surface area contributed by atoms with Gasteiger partial charge in [-0.3, -0.25) is 0 Å². The predicted octanol–water partition coefficient (Wildman–Crippen LogP) is 4.77. The first-order chi connectivity index (χ1) is 17.9. The summed E-state index contributed by atoms with van der Waals surface area (Å²) in [5, 5.41) is 1.39. The summed E-state index contributed by atoms with van der Waals surface area (Å²) in [6, 6.07) is 19.0. The second-order valence-electron chi connectivity index (χ2n) is 8.60. The molecule has 0 aliphatic heterocycles. The van der Waals surface area contributed by atoms with Crippen molar-refractivity contribution in [3.8, 4) is 17.2 Å². The molecule has 38 heavy (non-hydrogen) atoms. The number of benzene rings is 3. The monoisotopic (exact) mass is 530 g/mol. The number of carbonyl (C=O) groups excluding carboxylic acids is 3. The van der Waals surface area contributed by atoms with Crippen LogP contribution < -0.4 is 30.1 Å². The highest BCUT2D eigenvalue weighted by Gasteiger charge is 2.30. The smallest absolute Gasteiger partial charge is 0.338 e. The van der Waals surface area contributed by atoms with Gasteiger partial charge in [0.15, 0.2) is 7.14 Å². The van der Waals surface area contributed by atoms with Gasteiger partial charge < -0.3 is 18.8 Å². The van der Waals surface area contributed by atoms with Gasteiger partial charge in [0.1, 0.15) is 17.2 Å². The molecule has 0 aromatic heterocycles. The Morgan fingerprint density at radius 1 is 0.500 bits per heavy atom. The summed E-state index contributed by atoms with van der Waals surface area (Å²) in [5.74, 6) is -0.880. The van der Waals surface area contributed by atoms with Crippen LogP contribution in [0.5, 0.6) is 17.2 Å². The second-order valence-corrected chi connectivity index (χ2v) is 11.4. The summed E-state index contributed by atoms with van der Waals surface area (Å²) in [6.07, 6.45) is 0. The largest absolute Gasteiger partial charge is 0.423 e. The van der Waals surface area contributed by atoms with Gasteiger partial charge in [0.25, 0.3) is 0 Å². The quantitative estimate of drug-likeness (QED) is 0.170. The van der Waals surface area contributed by atoms with E-state index in [0.29, 0.717) is 15.9 Å².